The van der Waals surface area contributed by atoms with Crippen molar-refractivity contribution < 1.29 is 14.3 Å². The third kappa shape index (κ3) is 3.10. The maximum atomic E-state index is 11.4. The van der Waals surface area contributed by atoms with Crippen molar-refractivity contribution in [3.8, 4) is 0 Å². The second-order valence-corrected chi connectivity index (χ2v) is 3.62. The molecule has 0 saturated heterocycles. The summed E-state index contributed by atoms with van der Waals surface area (Å²) in [6, 6.07) is 4.26. The van der Waals surface area contributed by atoms with Gasteiger partial charge < -0.3 is 20.7 Å². The SMILES string of the molecule is COC(=O)c1ccc(NC(=O)N(C)C)c(N)c1. The van der Waals surface area contributed by atoms with Gasteiger partial charge in [-0.05, 0) is 18.2 Å². The molecule has 1 aromatic rings. The van der Waals surface area contributed by atoms with Gasteiger partial charge in [-0.15, -0.1) is 0 Å². The molecule has 0 aromatic heterocycles. The lowest BCUT2D eigenvalue weighted by atomic mass is 10.2. The summed E-state index contributed by atoms with van der Waals surface area (Å²) < 4.78 is 4.56. The largest absolute Gasteiger partial charge is 0.465 e. The van der Waals surface area contributed by atoms with Crippen molar-refractivity contribution in [2.45, 2.75) is 0 Å². The number of nitrogens with two attached hydrogens (primary N) is 1. The van der Waals surface area contributed by atoms with E-state index in [-0.39, 0.29) is 6.03 Å². The molecule has 0 aliphatic rings. The van der Waals surface area contributed by atoms with Gasteiger partial charge >= 0.3 is 12.0 Å². The van der Waals surface area contributed by atoms with E-state index >= 15 is 0 Å². The Labute approximate surface area is 99.3 Å². The van der Waals surface area contributed by atoms with Crippen LogP contribution in [0.1, 0.15) is 10.4 Å². The highest BCUT2D eigenvalue weighted by atomic mass is 16.5. The van der Waals surface area contributed by atoms with Crippen molar-refractivity contribution in [3.63, 3.8) is 0 Å². The van der Waals surface area contributed by atoms with Crippen LogP contribution >= 0.6 is 0 Å². The Bertz CT molecular complexity index is 444. The highest BCUT2D eigenvalue weighted by molar-refractivity contribution is 5.96. The average Bonchev–Trinajstić information content (AvgIpc) is 2.30. The molecule has 1 rings (SSSR count). The van der Waals surface area contributed by atoms with Crippen LogP contribution in [0.25, 0.3) is 0 Å². The molecule has 0 aliphatic carbocycles. The lowest BCUT2D eigenvalue weighted by Gasteiger charge is -2.13. The van der Waals surface area contributed by atoms with E-state index in [2.05, 4.69) is 10.1 Å². The number of nitrogen functional groups attached to an aromatic ring is 1. The standard InChI is InChI=1S/C11H15N3O3/c1-14(2)11(16)13-9-5-4-7(6-8(9)12)10(15)17-3/h4-6H,12H2,1-3H3,(H,13,16). The lowest BCUT2D eigenvalue weighted by Crippen LogP contribution is -2.27. The van der Waals surface area contributed by atoms with Crippen LogP contribution in [-0.4, -0.2) is 38.1 Å². The molecule has 6 heteroatoms. The number of methoxy groups -OCH3 is 1. The predicted octanol–water partition coefficient (Wildman–Crippen LogP) is 1.15. The Morgan fingerprint density at radius 2 is 2.00 bits per heavy atom. The van der Waals surface area contributed by atoms with Crippen molar-refractivity contribution in [2.75, 3.05) is 32.3 Å². The Morgan fingerprint density at radius 3 is 2.47 bits per heavy atom. The van der Waals surface area contributed by atoms with Crippen LogP contribution in [-0.2, 0) is 4.74 Å². The van der Waals surface area contributed by atoms with E-state index in [1.165, 1.54) is 24.1 Å². The fourth-order valence-corrected chi connectivity index (χ4v) is 1.15. The van der Waals surface area contributed by atoms with Gasteiger partial charge in [0.15, 0.2) is 0 Å². The van der Waals surface area contributed by atoms with Gasteiger partial charge in [-0.25, -0.2) is 9.59 Å². The minimum Gasteiger partial charge on any atom is -0.465 e. The first-order valence-electron chi connectivity index (χ1n) is 4.92. The topological polar surface area (TPSA) is 84.7 Å². The van der Waals surface area contributed by atoms with Crippen LogP contribution in [0.3, 0.4) is 0 Å². The summed E-state index contributed by atoms with van der Waals surface area (Å²) in [4.78, 5) is 24.0. The molecule has 0 bridgehead atoms. The van der Waals surface area contributed by atoms with Crippen molar-refractivity contribution in [1.82, 2.24) is 4.90 Å². The van der Waals surface area contributed by atoms with Gasteiger partial charge in [0.05, 0.1) is 24.0 Å². The molecule has 92 valence electrons. The predicted molar refractivity (Wildman–Crippen MR) is 64.9 cm³/mol. The Morgan fingerprint density at radius 1 is 1.35 bits per heavy atom. The van der Waals surface area contributed by atoms with Crippen LogP contribution in [0.15, 0.2) is 18.2 Å². The van der Waals surface area contributed by atoms with Crippen molar-refractivity contribution in [2.24, 2.45) is 0 Å². The van der Waals surface area contributed by atoms with E-state index in [1.54, 1.807) is 20.2 Å². The average molecular weight is 237 g/mol. The van der Waals surface area contributed by atoms with Crippen LogP contribution in [0.5, 0.6) is 0 Å². The van der Waals surface area contributed by atoms with Crippen LogP contribution in [0.2, 0.25) is 0 Å². The Balaban J connectivity index is 2.90. The number of esters is 1. The first kappa shape index (κ1) is 12.8. The molecule has 0 saturated carbocycles. The third-order valence-corrected chi connectivity index (χ3v) is 2.12. The van der Waals surface area contributed by atoms with Crippen LogP contribution < -0.4 is 11.1 Å². The zero-order valence-electron chi connectivity index (χ0n) is 9.98. The monoisotopic (exact) mass is 237 g/mol. The highest BCUT2D eigenvalue weighted by Gasteiger charge is 2.10. The molecular formula is C11H15N3O3. The van der Waals surface area contributed by atoms with E-state index in [0.717, 1.165) is 0 Å². The minimum atomic E-state index is -0.470. The van der Waals surface area contributed by atoms with E-state index in [4.69, 9.17) is 5.73 Å². The maximum absolute atomic E-state index is 11.4. The molecule has 6 nitrogen and oxygen atoms in total. The fraction of sp³-hybridized carbons (Fsp3) is 0.273. The number of hydrogen-bond donors (Lipinski definition) is 2. The first-order valence-corrected chi connectivity index (χ1v) is 4.92. The fourth-order valence-electron chi connectivity index (χ4n) is 1.15. The van der Waals surface area contributed by atoms with Crippen molar-refractivity contribution >= 4 is 23.4 Å². The van der Waals surface area contributed by atoms with E-state index in [1.807, 2.05) is 0 Å². The van der Waals surface area contributed by atoms with Gasteiger partial charge in [0.1, 0.15) is 0 Å². The number of carbonyl (C=O) groups excluding carboxylic acids is 2. The molecule has 0 radical (unpaired) electrons. The molecule has 1 aromatic carbocycles. The lowest BCUT2D eigenvalue weighted by molar-refractivity contribution is 0.0601. The van der Waals surface area contributed by atoms with Gasteiger partial charge in [0.2, 0.25) is 0 Å². The second-order valence-electron chi connectivity index (χ2n) is 3.62. The van der Waals surface area contributed by atoms with Crippen molar-refractivity contribution in [3.05, 3.63) is 23.8 Å². The quantitative estimate of drug-likeness (QED) is 0.597. The van der Waals surface area contributed by atoms with Gasteiger partial charge in [0.25, 0.3) is 0 Å². The number of carbonyl (C=O) groups is 2. The number of ether oxygens (including phenoxy) is 1. The highest BCUT2D eigenvalue weighted by Crippen LogP contribution is 2.20. The van der Waals surface area contributed by atoms with E-state index < -0.39 is 5.97 Å². The Kier molecular flexibility index (Phi) is 3.92. The molecule has 0 atom stereocenters. The molecule has 3 N–H and O–H groups in total. The Hall–Kier alpha value is -2.24. The number of anilines is 2. The summed E-state index contributed by atoms with van der Waals surface area (Å²) in [6.45, 7) is 0. The summed E-state index contributed by atoms with van der Waals surface area (Å²) in [7, 11) is 4.53. The normalized spacial score (nSPS) is 9.59. The summed E-state index contributed by atoms with van der Waals surface area (Å²) >= 11 is 0. The summed E-state index contributed by atoms with van der Waals surface area (Å²) in [5.41, 5.74) is 6.83. The number of benzene rings is 1. The van der Waals surface area contributed by atoms with Crippen molar-refractivity contribution in [1.29, 1.82) is 0 Å². The molecule has 0 unspecified atom stereocenters. The van der Waals surface area contributed by atoms with E-state index in [0.29, 0.717) is 16.9 Å². The number of rotatable bonds is 2. The summed E-state index contributed by atoms with van der Waals surface area (Å²) in [5, 5.41) is 2.60. The molecule has 2 amide bonds. The molecular weight excluding hydrogens is 222 g/mol. The second kappa shape index (κ2) is 5.20. The van der Waals surface area contributed by atoms with E-state index in [9.17, 15) is 9.59 Å². The molecule has 17 heavy (non-hydrogen) atoms. The van der Waals surface area contributed by atoms with Gasteiger partial charge in [-0.3, -0.25) is 0 Å². The number of nitrogens with zero attached hydrogens (tertiary/aromatic N) is 1. The molecule has 0 aliphatic heterocycles. The maximum Gasteiger partial charge on any atom is 0.337 e. The van der Waals surface area contributed by atoms with Gasteiger partial charge in [-0.2, -0.15) is 0 Å². The zero-order valence-corrected chi connectivity index (χ0v) is 9.98. The first-order chi connectivity index (χ1) is 7.95. The molecule has 0 heterocycles. The molecule has 0 fully saturated rings. The summed E-state index contributed by atoms with van der Waals surface area (Å²) in [6.07, 6.45) is 0. The van der Waals surface area contributed by atoms with Crippen LogP contribution in [0.4, 0.5) is 16.2 Å². The third-order valence-electron chi connectivity index (χ3n) is 2.12. The number of amides is 2. The number of hydrogen-bond acceptors (Lipinski definition) is 4. The zero-order chi connectivity index (χ0) is 13.0. The number of nitrogens with one attached hydrogen (secondary N) is 1. The summed E-state index contributed by atoms with van der Waals surface area (Å²) in [5.74, 6) is -0.470. The smallest absolute Gasteiger partial charge is 0.337 e. The van der Waals surface area contributed by atoms with Gasteiger partial charge in [0, 0.05) is 14.1 Å². The van der Waals surface area contributed by atoms with Gasteiger partial charge in [-0.1, -0.05) is 0 Å². The minimum absolute atomic E-state index is 0.289. The number of urea groups is 1. The van der Waals surface area contributed by atoms with Crippen LogP contribution in [0, 0.1) is 0 Å². The molecule has 0 spiro atoms.